The van der Waals surface area contributed by atoms with E-state index in [0.29, 0.717) is 31.6 Å². The molecular formula is C14H20N2O4. The van der Waals surface area contributed by atoms with Crippen LogP contribution in [0, 0.1) is 0 Å². The Hall–Kier alpha value is -2.11. The number of hydrogen-bond donors (Lipinski definition) is 2. The highest BCUT2D eigenvalue weighted by molar-refractivity contribution is 5.76. The van der Waals surface area contributed by atoms with Gasteiger partial charge in [-0.25, -0.2) is 0 Å². The number of carbonyl (C=O) groups excluding carboxylic acids is 2. The van der Waals surface area contributed by atoms with E-state index in [1.54, 1.807) is 22.9 Å². The zero-order chi connectivity index (χ0) is 14.8. The molecule has 0 radical (unpaired) electrons. The number of carboxylic acids is 1. The summed E-state index contributed by atoms with van der Waals surface area (Å²) in [5, 5.41) is 11.2. The predicted molar refractivity (Wildman–Crippen MR) is 73.6 cm³/mol. The number of aryl methyl sites for hydroxylation is 1. The maximum absolute atomic E-state index is 11.6. The van der Waals surface area contributed by atoms with Gasteiger partial charge in [0, 0.05) is 32.1 Å². The van der Waals surface area contributed by atoms with Crippen LogP contribution in [0.3, 0.4) is 0 Å². The fourth-order valence-electron chi connectivity index (χ4n) is 1.85. The lowest BCUT2D eigenvalue weighted by Gasteiger charge is -2.07. The quantitative estimate of drug-likeness (QED) is 0.501. The second kappa shape index (κ2) is 8.90. The number of aliphatic carboxylic acids is 1. The van der Waals surface area contributed by atoms with E-state index in [-0.39, 0.29) is 12.3 Å². The predicted octanol–water partition coefficient (Wildman–Crippen LogP) is 1.45. The van der Waals surface area contributed by atoms with Crippen molar-refractivity contribution in [3.05, 3.63) is 24.0 Å². The smallest absolute Gasteiger partial charge is 0.303 e. The molecule has 6 nitrogen and oxygen atoms in total. The van der Waals surface area contributed by atoms with Crippen molar-refractivity contribution < 1.29 is 19.5 Å². The summed E-state index contributed by atoms with van der Waals surface area (Å²) in [4.78, 5) is 32.6. The van der Waals surface area contributed by atoms with Crippen LogP contribution in [-0.2, 0) is 16.1 Å². The first-order valence-electron chi connectivity index (χ1n) is 6.72. The van der Waals surface area contributed by atoms with E-state index in [4.69, 9.17) is 5.11 Å². The van der Waals surface area contributed by atoms with Crippen molar-refractivity contribution in [2.24, 2.45) is 0 Å². The van der Waals surface area contributed by atoms with E-state index in [2.05, 4.69) is 5.32 Å². The highest BCUT2D eigenvalue weighted by Crippen LogP contribution is 2.01. The molecule has 1 rings (SSSR count). The molecule has 0 fully saturated rings. The van der Waals surface area contributed by atoms with Gasteiger partial charge in [0.15, 0.2) is 6.29 Å². The molecule has 0 atom stereocenters. The van der Waals surface area contributed by atoms with E-state index in [1.165, 1.54) is 0 Å². The Morgan fingerprint density at radius 3 is 2.75 bits per heavy atom. The van der Waals surface area contributed by atoms with Gasteiger partial charge in [-0.3, -0.25) is 14.4 Å². The van der Waals surface area contributed by atoms with Crippen LogP contribution in [-0.4, -0.2) is 34.4 Å². The lowest BCUT2D eigenvalue weighted by Crippen LogP contribution is -2.25. The van der Waals surface area contributed by atoms with E-state index in [0.717, 1.165) is 19.1 Å². The fourth-order valence-corrected chi connectivity index (χ4v) is 1.85. The van der Waals surface area contributed by atoms with Crippen molar-refractivity contribution >= 4 is 18.2 Å². The Labute approximate surface area is 117 Å². The Balaban J connectivity index is 2.09. The fraction of sp³-hybridized carbons (Fsp3) is 0.500. The summed E-state index contributed by atoms with van der Waals surface area (Å²) >= 11 is 0. The summed E-state index contributed by atoms with van der Waals surface area (Å²) in [6.07, 6.45) is 5.24. The van der Waals surface area contributed by atoms with Gasteiger partial charge in [0.25, 0.3) is 0 Å². The van der Waals surface area contributed by atoms with Crippen LogP contribution >= 0.6 is 0 Å². The zero-order valence-electron chi connectivity index (χ0n) is 11.4. The van der Waals surface area contributed by atoms with Gasteiger partial charge in [-0.15, -0.1) is 0 Å². The van der Waals surface area contributed by atoms with Crippen molar-refractivity contribution in [2.75, 3.05) is 6.54 Å². The number of rotatable bonds is 10. The largest absolute Gasteiger partial charge is 0.481 e. The molecule has 0 aromatic carbocycles. The zero-order valence-corrected chi connectivity index (χ0v) is 11.4. The molecule has 0 bridgehead atoms. The standard InChI is InChI=1S/C14H20N2O4/c17-11-12-5-4-9-16(12)10-7-13(18)15-8-3-1-2-6-14(19)20/h4-5,9,11H,1-3,6-8,10H2,(H,15,18)(H,19,20). The number of aromatic nitrogens is 1. The number of carbonyl (C=O) groups is 3. The molecule has 0 saturated heterocycles. The maximum Gasteiger partial charge on any atom is 0.303 e. The number of unbranched alkanes of at least 4 members (excludes halogenated alkanes) is 2. The Bertz CT molecular complexity index is 454. The Morgan fingerprint density at radius 1 is 1.25 bits per heavy atom. The SMILES string of the molecule is O=Cc1cccn1CCC(=O)NCCCCCC(=O)O. The monoisotopic (exact) mass is 280 g/mol. The first-order chi connectivity index (χ1) is 9.63. The molecule has 2 N–H and O–H groups in total. The van der Waals surface area contributed by atoms with Gasteiger partial charge in [-0.05, 0) is 25.0 Å². The molecule has 0 spiro atoms. The summed E-state index contributed by atoms with van der Waals surface area (Å²) in [6, 6.07) is 3.47. The van der Waals surface area contributed by atoms with Gasteiger partial charge >= 0.3 is 5.97 Å². The van der Waals surface area contributed by atoms with Gasteiger partial charge in [-0.2, -0.15) is 0 Å². The summed E-state index contributed by atoms with van der Waals surface area (Å²) in [6.45, 7) is 1.04. The van der Waals surface area contributed by atoms with E-state index < -0.39 is 5.97 Å². The number of carboxylic acid groups (broad SMARTS) is 1. The summed E-state index contributed by atoms with van der Waals surface area (Å²) in [7, 11) is 0. The van der Waals surface area contributed by atoms with Gasteiger partial charge in [0.1, 0.15) is 0 Å². The average molecular weight is 280 g/mol. The second-order valence-electron chi connectivity index (χ2n) is 4.55. The molecule has 6 heteroatoms. The van der Waals surface area contributed by atoms with Gasteiger partial charge < -0.3 is 15.0 Å². The number of nitrogens with one attached hydrogen (secondary N) is 1. The van der Waals surface area contributed by atoms with Crippen LogP contribution in [0.25, 0.3) is 0 Å². The minimum Gasteiger partial charge on any atom is -0.481 e. The summed E-state index contributed by atoms with van der Waals surface area (Å²) in [5.41, 5.74) is 0.562. The van der Waals surface area contributed by atoms with E-state index in [9.17, 15) is 14.4 Å². The third-order valence-electron chi connectivity index (χ3n) is 2.95. The first kappa shape index (κ1) is 15.9. The molecule has 0 saturated carbocycles. The molecule has 1 heterocycles. The minimum absolute atomic E-state index is 0.0613. The number of nitrogens with zero attached hydrogens (tertiary/aromatic N) is 1. The Morgan fingerprint density at radius 2 is 2.05 bits per heavy atom. The van der Waals surface area contributed by atoms with Crippen molar-refractivity contribution in [3.63, 3.8) is 0 Å². The maximum atomic E-state index is 11.6. The van der Waals surface area contributed by atoms with Crippen LogP contribution in [0.5, 0.6) is 0 Å². The molecule has 0 aliphatic heterocycles. The van der Waals surface area contributed by atoms with Gasteiger partial charge in [0.2, 0.25) is 5.91 Å². The molecule has 0 aliphatic rings. The summed E-state index contributed by atoms with van der Waals surface area (Å²) in [5.74, 6) is -0.847. The van der Waals surface area contributed by atoms with Crippen LogP contribution in [0.15, 0.2) is 18.3 Å². The molecule has 0 unspecified atom stereocenters. The molecule has 1 amide bonds. The highest BCUT2D eigenvalue weighted by Gasteiger charge is 2.04. The second-order valence-corrected chi connectivity index (χ2v) is 4.55. The topological polar surface area (TPSA) is 88.4 Å². The number of aldehydes is 1. The van der Waals surface area contributed by atoms with Crippen molar-refractivity contribution in [1.29, 1.82) is 0 Å². The lowest BCUT2D eigenvalue weighted by atomic mass is 10.2. The molecule has 110 valence electrons. The third-order valence-corrected chi connectivity index (χ3v) is 2.95. The third kappa shape index (κ3) is 6.17. The lowest BCUT2D eigenvalue weighted by molar-refractivity contribution is -0.137. The van der Waals surface area contributed by atoms with Crippen LogP contribution in [0.4, 0.5) is 0 Å². The molecular weight excluding hydrogens is 260 g/mol. The van der Waals surface area contributed by atoms with Gasteiger partial charge in [-0.1, -0.05) is 6.42 Å². The summed E-state index contributed by atoms with van der Waals surface area (Å²) < 4.78 is 1.74. The van der Waals surface area contributed by atoms with Crippen molar-refractivity contribution in [2.45, 2.75) is 38.6 Å². The van der Waals surface area contributed by atoms with Crippen molar-refractivity contribution in [3.8, 4) is 0 Å². The molecule has 1 aromatic rings. The number of hydrogen-bond acceptors (Lipinski definition) is 3. The Kier molecular flexibility index (Phi) is 7.10. The number of amides is 1. The van der Waals surface area contributed by atoms with Crippen LogP contribution < -0.4 is 5.32 Å². The first-order valence-corrected chi connectivity index (χ1v) is 6.72. The molecule has 20 heavy (non-hydrogen) atoms. The van der Waals surface area contributed by atoms with Crippen molar-refractivity contribution in [1.82, 2.24) is 9.88 Å². The minimum atomic E-state index is -0.785. The van der Waals surface area contributed by atoms with Crippen LogP contribution in [0.1, 0.15) is 42.6 Å². The molecule has 0 aliphatic carbocycles. The van der Waals surface area contributed by atoms with Gasteiger partial charge in [0.05, 0.1) is 5.69 Å². The molecule has 1 aromatic heterocycles. The van der Waals surface area contributed by atoms with E-state index >= 15 is 0 Å². The van der Waals surface area contributed by atoms with E-state index in [1.807, 2.05) is 0 Å². The normalized spacial score (nSPS) is 10.2. The van der Waals surface area contributed by atoms with Crippen LogP contribution in [0.2, 0.25) is 0 Å². The highest BCUT2D eigenvalue weighted by atomic mass is 16.4. The average Bonchev–Trinajstić information content (AvgIpc) is 2.87.